The summed E-state index contributed by atoms with van der Waals surface area (Å²) in [6, 6.07) is 8.08. The Kier molecular flexibility index (Phi) is 6.52. The summed E-state index contributed by atoms with van der Waals surface area (Å²) in [4.78, 5) is 11.9. The molecule has 0 radical (unpaired) electrons. The van der Waals surface area contributed by atoms with Crippen molar-refractivity contribution in [3.63, 3.8) is 0 Å². The average molecular weight is 327 g/mol. The minimum absolute atomic E-state index is 0.0534. The van der Waals surface area contributed by atoms with Crippen LogP contribution in [0.5, 0.6) is 0 Å². The van der Waals surface area contributed by atoms with E-state index in [0.717, 1.165) is 11.0 Å². The summed E-state index contributed by atoms with van der Waals surface area (Å²) in [5, 5.41) is 6.25. The second-order valence-corrected chi connectivity index (χ2v) is 6.22. The highest BCUT2D eigenvalue weighted by atomic mass is 79.9. The molecule has 2 unspecified atom stereocenters. The quantitative estimate of drug-likeness (QED) is 0.842. The van der Waals surface area contributed by atoms with Crippen LogP contribution in [0, 0.1) is 5.92 Å². The fourth-order valence-corrected chi connectivity index (χ4v) is 2.02. The van der Waals surface area contributed by atoms with E-state index < -0.39 is 0 Å². The smallest absolute Gasteiger partial charge is 0.236 e. The zero-order valence-electron chi connectivity index (χ0n) is 12.0. The van der Waals surface area contributed by atoms with Crippen molar-refractivity contribution in [2.45, 2.75) is 39.8 Å². The number of amides is 1. The molecule has 1 aromatic rings. The molecule has 2 atom stereocenters. The predicted octanol–water partition coefficient (Wildman–Crippen LogP) is 3.26. The Balaban J connectivity index is 2.49. The van der Waals surface area contributed by atoms with Gasteiger partial charge in [-0.1, -0.05) is 41.9 Å². The second-order valence-electron chi connectivity index (χ2n) is 5.30. The summed E-state index contributed by atoms with van der Waals surface area (Å²) in [6.07, 6.45) is 0. The molecule has 2 N–H and O–H groups in total. The van der Waals surface area contributed by atoms with Gasteiger partial charge in [0.15, 0.2) is 0 Å². The molecule has 4 heteroatoms. The van der Waals surface area contributed by atoms with E-state index in [9.17, 15) is 4.79 Å². The van der Waals surface area contributed by atoms with E-state index in [-0.39, 0.29) is 18.0 Å². The van der Waals surface area contributed by atoms with E-state index in [2.05, 4.69) is 59.5 Å². The summed E-state index contributed by atoms with van der Waals surface area (Å²) in [6.45, 7) is 8.85. The Morgan fingerprint density at radius 2 is 1.74 bits per heavy atom. The van der Waals surface area contributed by atoms with Crippen LogP contribution in [0.4, 0.5) is 0 Å². The Morgan fingerprint density at radius 3 is 2.26 bits per heavy atom. The van der Waals surface area contributed by atoms with E-state index in [1.165, 1.54) is 5.56 Å². The molecule has 3 nitrogen and oxygen atoms in total. The molecule has 0 heterocycles. The van der Waals surface area contributed by atoms with Crippen LogP contribution in [0.25, 0.3) is 0 Å². The van der Waals surface area contributed by atoms with E-state index in [1.807, 2.05) is 19.1 Å². The van der Waals surface area contributed by atoms with Gasteiger partial charge in [-0.3, -0.25) is 10.1 Å². The summed E-state index contributed by atoms with van der Waals surface area (Å²) in [5.41, 5.74) is 1.17. The molecule has 0 aromatic heterocycles. The van der Waals surface area contributed by atoms with Gasteiger partial charge in [-0.15, -0.1) is 0 Å². The molecule has 0 aliphatic rings. The molecule has 0 bridgehead atoms. The summed E-state index contributed by atoms with van der Waals surface area (Å²) >= 11 is 3.42. The van der Waals surface area contributed by atoms with Crippen LogP contribution >= 0.6 is 15.9 Å². The monoisotopic (exact) mass is 326 g/mol. The minimum Gasteiger partial charge on any atom is -0.354 e. The number of hydrogen-bond acceptors (Lipinski definition) is 2. The standard InChI is InChI=1S/C15H23BrN2O/c1-10(2)9-17-15(19)12(4)18-11(3)13-5-7-14(16)8-6-13/h5-8,10-12,18H,9H2,1-4H3,(H,17,19). The van der Waals surface area contributed by atoms with Gasteiger partial charge < -0.3 is 5.32 Å². The van der Waals surface area contributed by atoms with Crippen molar-refractivity contribution in [3.8, 4) is 0 Å². The van der Waals surface area contributed by atoms with Gasteiger partial charge in [0.05, 0.1) is 6.04 Å². The van der Waals surface area contributed by atoms with Crippen LogP contribution in [-0.4, -0.2) is 18.5 Å². The Bertz CT molecular complexity index is 403. The first-order chi connectivity index (χ1) is 8.90. The van der Waals surface area contributed by atoms with Crippen LogP contribution in [0.15, 0.2) is 28.7 Å². The third-order valence-electron chi connectivity index (χ3n) is 2.95. The lowest BCUT2D eigenvalue weighted by Gasteiger charge is -2.20. The zero-order valence-corrected chi connectivity index (χ0v) is 13.6. The Labute approximate surface area is 124 Å². The largest absolute Gasteiger partial charge is 0.354 e. The zero-order chi connectivity index (χ0) is 14.4. The third kappa shape index (κ3) is 5.74. The molecule has 1 amide bonds. The second kappa shape index (κ2) is 7.65. The van der Waals surface area contributed by atoms with Gasteiger partial charge in [0.2, 0.25) is 5.91 Å². The molecule has 1 rings (SSSR count). The topological polar surface area (TPSA) is 41.1 Å². The highest BCUT2D eigenvalue weighted by Gasteiger charge is 2.16. The number of hydrogen-bond donors (Lipinski definition) is 2. The number of rotatable bonds is 6. The first-order valence-electron chi connectivity index (χ1n) is 6.69. The fraction of sp³-hybridized carbons (Fsp3) is 0.533. The first kappa shape index (κ1) is 16.2. The van der Waals surface area contributed by atoms with Crippen molar-refractivity contribution >= 4 is 21.8 Å². The van der Waals surface area contributed by atoms with Crippen molar-refractivity contribution in [1.29, 1.82) is 0 Å². The lowest BCUT2D eigenvalue weighted by molar-refractivity contribution is -0.123. The highest BCUT2D eigenvalue weighted by molar-refractivity contribution is 9.10. The van der Waals surface area contributed by atoms with Crippen molar-refractivity contribution < 1.29 is 4.79 Å². The van der Waals surface area contributed by atoms with Gasteiger partial charge in [0.25, 0.3) is 0 Å². The van der Waals surface area contributed by atoms with Crippen molar-refractivity contribution in [2.24, 2.45) is 5.92 Å². The van der Waals surface area contributed by atoms with Gasteiger partial charge >= 0.3 is 0 Å². The van der Waals surface area contributed by atoms with Crippen LogP contribution in [0.1, 0.15) is 39.3 Å². The van der Waals surface area contributed by atoms with E-state index in [1.54, 1.807) is 0 Å². The number of halogens is 1. The lowest BCUT2D eigenvalue weighted by Crippen LogP contribution is -2.44. The molecule has 106 valence electrons. The van der Waals surface area contributed by atoms with Gasteiger partial charge in [-0.2, -0.15) is 0 Å². The summed E-state index contributed by atoms with van der Waals surface area (Å²) in [7, 11) is 0. The van der Waals surface area contributed by atoms with Gasteiger partial charge in [-0.05, 0) is 37.5 Å². The molecule has 0 spiro atoms. The van der Waals surface area contributed by atoms with Crippen LogP contribution in [0.3, 0.4) is 0 Å². The van der Waals surface area contributed by atoms with E-state index >= 15 is 0 Å². The average Bonchev–Trinajstić information content (AvgIpc) is 2.36. The SMILES string of the molecule is CC(C)CNC(=O)C(C)NC(C)c1ccc(Br)cc1. The first-order valence-corrected chi connectivity index (χ1v) is 7.48. The van der Waals surface area contributed by atoms with Gasteiger partial charge in [-0.25, -0.2) is 0 Å². The maximum Gasteiger partial charge on any atom is 0.236 e. The number of carbonyl (C=O) groups excluding carboxylic acids is 1. The van der Waals surface area contributed by atoms with Crippen LogP contribution < -0.4 is 10.6 Å². The van der Waals surface area contributed by atoms with Gasteiger partial charge in [0, 0.05) is 17.1 Å². The Hall–Kier alpha value is -0.870. The van der Waals surface area contributed by atoms with Crippen LogP contribution in [-0.2, 0) is 4.79 Å². The normalized spacial score (nSPS) is 14.2. The molecule has 1 aromatic carbocycles. The van der Waals surface area contributed by atoms with E-state index in [4.69, 9.17) is 0 Å². The number of carbonyl (C=O) groups is 1. The molecule has 0 saturated carbocycles. The highest BCUT2D eigenvalue weighted by Crippen LogP contribution is 2.16. The maximum absolute atomic E-state index is 11.9. The number of benzene rings is 1. The minimum atomic E-state index is -0.197. The lowest BCUT2D eigenvalue weighted by atomic mass is 10.1. The maximum atomic E-state index is 11.9. The Morgan fingerprint density at radius 1 is 1.16 bits per heavy atom. The van der Waals surface area contributed by atoms with Crippen molar-refractivity contribution in [1.82, 2.24) is 10.6 Å². The molecular formula is C15H23BrN2O. The van der Waals surface area contributed by atoms with Crippen molar-refractivity contribution in [3.05, 3.63) is 34.3 Å². The molecule has 0 aliphatic carbocycles. The predicted molar refractivity (Wildman–Crippen MR) is 83.0 cm³/mol. The summed E-state index contributed by atoms with van der Waals surface area (Å²) in [5.74, 6) is 0.526. The van der Waals surface area contributed by atoms with Crippen LogP contribution in [0.2, 0.25) is 0 Å². The summed E-state index contributed by atoms with van der Waals surface area (Å²) < 4.78 is 1.06. The van der Waals surface area contributed by atoms with Gasteiger partial charge in [0.1, 0.15) is 0 Å². The molecule has 0 saturated heterocycles. The van der Waals surface area contributed by atoms with Crippen molar-refractivity contribution in [2.75, 3.05) is 6.54 Å². The molecule has 19 heavy (non-hydrogen) atoms. The third-order valence-corrected chi connectivity index (χ3v) is 3.48. The fourth-order valence-electron chi connectivity index (χ4n) is 1.76. The molecular weight excluding hydrogens is 304 g/mol. The molecule has 0 fully saturated rings. The molecule has 0 aliphatic heterocycles. The van der Waals surface area contributed by atoms with E-state index in [0.29, 0.717) is 5.92 Å². The number of nitrogens with one attached hydrogen (secondary N) is 2.